The van der Waals surface area contributed by atoms with Crippen molar-refractivity contribution in [2.75, 3.05) is 33.2 Å². The predicted octanol–water partition coefficient (Wildman–Crippen LogP) is 3.50. The number of nitrogens with zero attached hydrogens (tertiary/aromatic N) is 4. The summed E-state index contributed by atoms with van der Waals surface area (Å²) in [6.07, 6.45) is 0. The van der Waals surface area contributed by atoms with Crippen LogP contribution in [-0.2, 0) is 6.54 Å². The molecule has 26 heavy (non-hydrogen) atoms. The number of aromatic nitrogens is 2. The van der Waals surface area contributed by atoms with E-state index in [1.54, 1.807) is 0 Å². The van der Waals surface area contributed by atoms with Crippen molar-refractivity contribution >= 4 is 39.1 Å². The molecule has 0 radical (unpaired) electrons. The molecule has 0 unspecified atom stereocenters. The SMILES string of the molecule is Cc1nn(Cc2ccc(Cl)cc2)c2sc(C(=O)N3CCN(C)CC3)cc12. The van der Waals surface area contributed by atoms with E-state index in [2.05, 4.69) is 17.0 Å². The van der Waals surface area contributed by atoms with Gasteiger partial charge in [-0.3, -0.25) is 9.48 Å². The van der Waals surface area contributed by atoms with Crippen LogP contribution >= 0.6 is 22.9 Å². The molecule has 1 saturated heterocycles. The summed E-state index contributed by atoms with van der Waals surface area (Å²) in [6.45, 7) is 6.11. The molecule has 1 amide bonds. The van der Waals surface area contributed by atoms with Gasteiger partial charge in [-0.2, -0.15) is 5.10 Å². The number of piperazine rings is 1. The molecule has 1 aromatic carbocycles. The van der Waals surface area contributed by atoms with Crippen LogP contribution < -0.4 is 0 Å². The van der Waals surface area contributed by atoms with Gasteiger partial charge < -0.3 is 9.80 Å². The molecule has 3 heterocycles. The first-order chi connectivity index (χ1) is 12.5. The molecule has 5 nitrogen and oxygen atoms in total. The molecule has 3 aromatic rings. The zero-order valence-electron chi connectivity index (χ0n) is 14.9. The molecular weight excluding hydrogens is 368 g/mol. The summed E-state index contributed by atoms with van der Waals surface area (Å²) in [4.78, 5) is 18.9. The van der Waals surface area contributed by atoms with Crippen LogP contribution in [-0.4, -0.2) is 58.7 Å². The summed E-state index contributed by atoms with van der Waals surface area (Å²) >= 11 is 7.51. The third kappa shape index (κ3) is 3.37. The summed E-state index contributed by atoms with van der Waals surface area (Å²) in [5.41, 5.74) is 2.10. The van der Waals surface area contributed by atoms with Crippen LogP contribution in [0.2, 0.25) is 5.02 Å². The van der Waals surface area contributed by atoms with E-state index in [4.69, 9.17) is 11.6 Å². The van der Waals surface area contributed by atoms with Crippen molar-refractivity contribution in [1.82, 2.24) is 19.6 Å². The minimum absolute atomic E-state index is 0.136. The molecular formula is C19H21ClN4OS. The van der Waals surface area contributed by atoms with Crippen LogP contribution in [0.25, 0.3) is 10.2 Å². The Morgan fingerprint density at radius 1 is 1.19 bits per heavy atom. The highest BCUT2D eigenvalue weighted by Crippen LogP contribution is 2.30. The van der Waals surface area contributed by atoms with Gasteiger partial charge in [-0.15, -0.1) is 11.3 Å². The van der Waals surface area contributed by atoms with Crippen molar-refractivity contribution in [2.24, 2.45) is 0 Å². The number of halogens is 1. The number of hydrogen-bond donors (Lipinski definition) is 0. The minimum Gasteiger partial charge on any atom is -0.335 e. The number of likely N-dealkylation sites (N-methyl/N-ethyl adjacent to an activating group) is 1. The molecule has 0 atom stereocenters. The molecule has 1 aliphatic rings. The first kappa shape index (κ1) is 17.5. The Labute approximate surface area is 161 Å². The van der Waals surface area contributed by atoms with Crippen molar-refractivity contribution in [2.45, 2.75) is 13.5 Å². The fourth-order valence-corrected chi connectivity index (χ4v) is 4.51. The van der Waals surface area contributed by atoms with Crippen LogP contribution in [0, 0.1) is 6.92 Å². The molecule has 7 heteroatoms. The van der Waals surface area contributed by atoms with Gasteiger partial charge in [0.15, 0.2) is 0 Å². The Balaban J connectivity index is 1.61. The normalized spacial score (nSPS) is 15.7. The highest BCUT2D eigenvalue weighted by Gasteiger charge is 2.23. The van der Waals surface area contributed by atoms with E-state index in [1.807, 2.05) is 46.8 Å². The van der Waals surface area contributed by atoms with E-state index < -0.39 is 0 Å². The number of aryl methyl sites for hydroxylation is 1. The van der Waals surface area contributed by atoms with Gasteiger partial charge in [0.2, 0.25) is 0 Å². The smallest absolute Gasteiger partial charge is 0.264 e. The van der Waals surface area contributed by atoms with Crippen LogP contribution in [0.3, 0.4) is 0 Å². The number of benzene rings is 1. The Hall–Kier alpha value is -1.89. The van der Waals surface area contributed by atoms with E-state index in [0.29, 0.717) is 6.54 Å². The molecule has 0 saturated carbocycles. The monoisotopic (exact) mass is 388 g/mol. The lowest BCUT2D eigenvalue weighted by atomic mass is 10.2. The van der Waals surface area contributed by atoms with Crippen molar-refractivity contribution in [3.63, 3.8) is 0 Å². The van der Waals surface area contributed by atoms with E-state index in [-0.39, 0.29) is 5.91 Å². The van der Waals surface area contributed by atoms with Crippen molar-refractivity contribution in [1.29, 1.82) is 0 Å². The molecule has 0 bridgehead atoms. The van der Waals surface area contributed by atoms with Crippen molar-refractivity contribution in [3.8, 4) is 0 Å². The number of rotatable bonds is 3. The molecule has 1 aliphatic heterocycles. The average Bonchev–Trinajstić information content (AvgIpc) is 3.19. The third-order valence-electron chi connectivity index (χ3n) is 4.85. The fraction of sp³-hybridized carbons (Fsp3) is 0.368. The second-order valence-corrected chi connectivity index (χ2v) is 8.26. The lowest BCUT2D eigenvalue weighted by Crippen LogP contribution is -2.46. The average molecular weight is 389 g/mol. The van der Waals surface area contributed by atoms with Gasteiger partial charge in [-0.05, 0) is 37.7 Å². The largest absolute Gasteiger partial charge is 0.335 e. The first-order valence-corrected chi connectivity index (χ1v) is 9.90. The Kier molecular flexibility index (Phi) is 4.73. The van der Waals surface area contributed by atoms with E-state index >= 15 is 0 Å². The van der Waals surface area contributed by atoms with E-state index in [1.165, 1.54) is 11.3 Å². The molecule has 0 N–H and O–H groups in total. The summed E-state index contributed by atoms with van der Waals surface area (Å²) in [6, 6.07) is 9.80. The van der Waals surface area contributed by atoms with Gasteiger partial charge in [0.05, 0.1) is 17.1 Å². The number of fused-ring (bicyclic) bond motifs is 1. The van der Waals surface area contributed by atoms with Gasteiger partial charge in [0, 0.05) is 36.6 Å². The molecule has 136 valence electrons. The van der Waals surface area contributed by atoms with Crippen LogP contribution in [0.15, 0.2) is 30.3 Å². The predicted molar refractivity (Wildman–Crippen MR) is 106 cm³/mol. The first-order valence-electron chi connectivity index (χ1n) is 8.70. The number of amides is 1. The van der Waals surface area contributed by atoms with E-state index in [0.717, 1.165) is 57.6 Å². The van der Waals surface area contributed by atoms with Gasteiger partial charge >= 0.3 is 0 Å². The lowest BCUT2D eigenvalue weighted by molar-refractivity contribution is 0.0669. The zero-order chi connectivity index (χ0) is 18.3. The molecule has 0 spiro atoms. The molecule has 4 rings (SSSR count). The second kappa shape index (κ2) is 7.02. The lowest BCUT2D eigenvalue weighted by Gasteiger charge is -2.32. The van der Waals surface area contributed by atoms with Crippen LogP contribution in [0.4, 0.5) is 0 Å². The fourth-order valence-electron chi connectivity index (χ4n) is 3.25. The standard InChI is InChI=1S/C19H21ClN4OS/c1-13-16-11-17(18(25)23-9-7-22(2)8-10-23)26-19(16)24(21-13)12-14-3-5-15(20)6-4-14/h3-6,11H,7-10,12H2,1-2H3. The van der Waals surface area contributed by atoms with E-state index in [9.17, 15) is 4.79 Å². The maximum Gasteiger partial charge on any atom is 0.264 e. The van der Waals surface area contributed by atoms with Crippen molar-refractivity contribution < 1.29 is 4.79 Å². The molecule has 1 fully saturated rings. The molecule has 2 aromatic heterocycles. The Morgan fingerprint density at radius 3 is 2.58 bits per heavy atom. The number of carbonyl (C=O) groups is 1. The summed E-state index contributed by atoms with van der Waals surface area (Å²) in [5, 5.41) is 6.45. The minimum atomic E-state index is 0.136. The van der Waals surface area contributed by atoms with Gasteiger partial charge in [0.1, 0.15) is 4.83 Å². The maximum absolute atomic E-state index is 12.9. The van der Waals surface area contributed by atoms with Gasteiger partial charge in [0.25, 0.3) is 5.91 Å². The number of hydrogen-bond acceptors (Lipinski definition) is 4. The summed E-state index contributed by atoms with van der Waals surface area (Å²) in [7, 11) is 2.09. The van der Waals surface area contributed by atoms with Gasteiger partial charge in [-0.25, -0.2) is 0 Å². The Bertz CT molecular complexity index is 939. The number of carbonyl (C=O) groups excluding carboxylic acids is 1. The topological polar surface area (TPSA) is 41.4 Å². The van der Waals surface area contributed by atoms with Crippen molar-refractivity contribution in [3.05, 3.63) is 51.5 Å². The quantitative estimate of drug-likeness (QED) is 0.689. The summed E-state index contributed by atoms with van der Waals surface area (Å²) < 4.78 is 1.99. The zero-order valence-corrected chi connectivity index (χ0v) is 16.5. The van der Waals surface area contributed by atoms with Crippen LogP contribution in [0.5, 0.6) is 0 Å². The Morgan fingerprint density at radius 2 is 1.88 bits per heavy atom. The second-order valence-electron chi connectivity index (χ2n) is 6.79. The van der Waals surface area contributed by atoms with Crippen LogP contribution in [0.1, 0.15) is 20.9 Å². The maximum atomic E-state index is 12.9. The number of thiophene rings is 1. The highest BCUT2D eigenvalue weighted by atomic mass is 35.5. The van der Waals surface area contributed by atoms with Gasteiger partial charge in [-0.1, -0.05) is 23.7 Å². The summed E-state index contributed by atoms with van der Waals surface area (Å²) in [5.74, 6) is 0.136. The molecule has 0 aliphatic carbocycles. The highest BCUT2D eigenvalue weighted by molar-refractivity contribution is 7.20. The third-order valence-corrected chi connectivity index (χ3v) is 6.24.